The molecule has 0 radical (unpaired) electrons. The van der Waals surface area contributed by atoms with E-state index in [1.807, 2.05) is 24.0 Å². The van der Waals surface area contributed by atoms with Crippen LogP contribution >= 0.6 is 11.3 Å². The van der Waals surface area contributed by atoms with Gasteiger partial charge in [-0.2, -0.15) is 0 Å². The molecule has 0 atom stereocenters. The quantitative estimate of drug-likeness (QED) is 0.811. The summed E-state index contributed by atoms with van der Waals surface area (Å²) in [6.45, 7) is 3.41. The molecule has 2 N–H and O–H groups in total. The van der Waals surface area contributed by atoms with Gasteiger partial charge in [0, 0.05) is 23.7 Å². The summed E-state index contributed by atoms with van der Waals surface area (Å²) in [5.74, 6) is 0.0486. The van der Waals surface area contributed by atoms with Gasteiger partial charge in [0.1, 0.15) is 0 Å². The first-order valence-corrected chi connectivity index (χ1v) is 7.24. The van der Waals surface area contributed by atoms with Crippen LogP contribution in [0.15, 0.2) is 29.6 Å². The maximum absolute atomic E-state index is 12.6. The molecule has 1 aliphatic heterocycles. The van der Waals surface area contributed by atoms with Gasteiger partial charge >= 0.3 is 0 Å². The number of nitrogens with two attached hydrogens (primary N) is 1. The number of carbonyl (C=O) groups is 1. The number of amides is 1. The number of benzene rings is 1. The molecule has 3 rings (SSSR count). The smallest absolute Gasteiger partial charge is 0.256 e. The van der Waals surface area contributed by atoms with Gasteiger partial charge in [0.25, 0.3) is 5.91 Å². The van der Waals surface area contributed by atoms with E-state index in [9.17, 15) is 4.79 Å². The van der Waals surface area contributed by atoms with E-state index in [0.29, 0.717) is 17.8 Å². The molecule has 2 heterocycles. The molecule has 3 nitrogen and oxygen atoms in total. The van der Waals surface area contributed by atoms with Gasteiger partial charge < -0.3 is 10.6 Å². The SMILES string of the molecule is Cc1cccc(N)c1C(=O)N1CCc2sccc2C1. The Hall–Kier alpha value is -1.81. The molecule has 19 heavy (non-hydrogen) atoms. The van der Waals surface area contributed by atoms with Crippen molar-refractivity contribution in [2.45, 2.75) is 19.9 Å². The second-order valence-electron chi connectivity index (χ2n) is 4.88. The van der Waals surface area contributed by atoms with Crippen LogP contribution in [0.3, 0.4) is 0 Å². The molecule has 0 fully saturated rings. The Bertz CT molecular complexity index is 613. The third-order valence-electron chi connectivity index (χ3n) is 3.61. The Morgan fingerprint density at radius 1 is 1.37 bits per heavy atom. The Morgan fingerprint density at radius 2 is 2.21 bits per heavy atom. The van der Waals surface area contributed by atoms with Crippen molar-refractivity contribution in [3.8, 4) is 0 Å². The van der Waals surface area contributed by atoms with Crippen LogP contribution in [0.1, 0.15) is 26.4 Å². The summed E-state index contributed by atoms with van der Waals surface area (Å²) in [5.41, 5.74) is 9.40. The first kappa shape index (κ1) is 12.2. The molecule has 2 aromatic rings. The highest BCUT2D eigenvalue weighted by molar-refractivity contribution is 7.10. The van der Waals surface area contributed by atoms with Crippen molar-refractivity contribution in [2.75, 3.05) is 12.3 Å². The number of rotatable bonds is 1. The van der Waals surface area contributed by atoms with Gasteiger partial charge in [-0.25, -0.2) is 0 Å². The lowest BCUT2D eigenvalue weighted by Gasteiger charge is -2.28. The van der Waals surface area contributed by atoms with Crippen molar-refractivity contribution < 1.29 is 4.79 Å². The third kappa shape index (κ3) is 2.12. The molecule has 1 amide bonds. The van der Waals surface area contributed by atoms with Crippen LogP contribution in [0.4, 0.5) is 5.69 Å². The van der Waals surface area contributed by atoms with E-state index in [2.05, 4.69) is 11.4 Å². The fraction of sp³-hybridized carbons (Fsp3) is 0.267. The minimum absolute atomic E-state index is 0.0486. The molecule has 0 spiro atoms. The highest BCUT2D eigenvalue weighted by Gasteiger charge is 2.24. The summed E-state index contributed by atoms with van der Waals surface area (Å²) in [5, 5.41) is 2.10. The van der Waals surface area contributed by atoms with E-state index >= 15 is 0 Å². The lowest BCUT2D eigenvalue weighted by molar-refractivity contribution is 0.0736. The van der Waals surface area contributed by atoms with Crippen LogP contribution in [-0.4, -0.2) is 17.4 Å². The molecule has 1 aromatic carbocycles. The van der Waals surface area contributed by atoms with Crippen molar-refractivity contribution >= 4 is 22.9 Å². The Balaban J connectivity index is 1.90. The van der Waals surface area contributed by atoms with Crippen LogP contribution in [0, 0.1) is 6.92 Å². The minimum atomic E-state index is 0.0486. The summed E-state index contributed by atoms with van der Waals surface area (Å²) in [4.78, 5) is 15.9. The van der Waals surface area contributed by atoms with Crippen LogP contribution in [0.25, 0.3) is 0 Å². The highest BCUT2D eigenvalue weighted by atomic mass is 32.1. The van der Waals surface area contributed by atoms with Gasteiger partial charge in [-0.3, -0.25) is 4.79 Å². The minimum Gasteiger partial charge on any atom is -0.398 e. The summed E-state index contributed by atoms with van der Waals surface area (Å²) in [6, 6.07) is 7.72. The molecule has 0 unspecified atom stereocenters. The normalized spacial score (nSPS) is 14.3. The van der Waals surface area contributed by atoms with Gasteiger partial charge in [-0.15, -0.1) is 11.3 Å². The van der Waals surface area contributed by atoms with Crippen molar-refractivity contribution in [1.82, 2.24) is 4.90 Å². The van der Waals surface area contributed by atoms with Crippen molar-refractivity contribution in [3.05, 3.63) is 51.2 Å². The zero-order chi connectivity index (χ0) is 13.4. The van der Waals surface area contributed by atoms with E-state index in [0.717, 1.165) is 18.5 Å². The summed E-state index contributed by atoms with van der Waals surface area (Å²) < 4.78 is 0. The topological polar surface area (TPSA) is 46.3 Å². The average Bonchev–Trinajstić information content (AvgIpc) is 2.85. The van der Waals surface area contributed by atoms with Crippen molar-refractivity contribution in [1.29, 1.82) is 0 Å². The molecule has 1 aromatic heterocycles. The lowest BCUT2D eigenvalue weighted by Crippen LogP contribution is -2.36. The number of fused-ring (bicyclic) bond motifs is 1. The number of nitrogens with zero attached hydrogens (tertiary/aromatic N) is 1. The molecule has 0 saturated carbocycles. The fourth-order valence-electron chi connectivity index (χ4n) is 2.56. The largest absolute Gasteiger partial charge is 0.398 e. The predicted octanol–water partition coefficient (Wildman–Crippen LogP) is 2.84. The molecule has 0 bridgehead atoms. The Kier molecular flexibility index (Phi) is 3.03. The number of aryl methyl sites for hydroxylation is 1. The van der Waals surface area contributed by atoms with Crippen molar-refractivity contribution in [3.63, 3.8) is 0 Å². The molecule has 1 aliphatic rings. The fourth-order valence-corrected chi connectivity index (χ4v) is 3.45. The second-order valence-corrected chi connectivity index (χ2v) is 5.89. The highest BCUT2D eigenvalue weighted by Crippen LogP contribution is 2.26. The van der Waals surface area contributed by atoms with Crippen LogP contribution in [0.5, 0.6) is 0 Å². The van der Waals surface area contributed by atoms with E-state index in [1.54, 1.807) is 17.4 Å². The van der Waals surface area contributed by atoms with Gasteiger partial charge in [-0.1, -0.05) is 12.1 Å². The third-order valence-corrected chi connectivity index (χ3v) is 4.64. The maximum atomic E-state index is 12.6. The summed E-state index contributed by atoms with van der Waals surface area (Å²) >= 11 is 1.78. The van der Waals surface area contributed by atoms with Gasteiger partial charge in [0.05, 0.1) is 5.56 Å². The lowest BCUT2D eigenvalue weighted by atomic mass is 10.0. The maximum Gasteiger partial charge on any atom is 0.256 e. The van der Waals surface area contributed by atoms with Gasteiger partial charge in [-0.05, 0) is 42.0 Å². The monoisotopic (exact) mass is 272 g/mol. The number of thiophene rings is 1. The molecule has 98 valence electrons. The zero-order valence-corrected chi connectivity index (χ0v) is 11.7. The van der Waals surface area contributed by atoms with Crippen molar-refractivity contribution in [2.24, 2.45) is 0 Å². The molecule has 0 saturated heterocycles. The predicted molar refractivity (Wildman–Crippen MR) is 78.4 cm³/mol. The van der Waals surface area contributed by atoms with E-state index in [1.165, 1.54) is 10.4 Å². The number of hydrogen-bond acceptors (Lipinski definition) is 3. The molecular weight excluding hydrogens is 256 g/mol. The summed E-state index contributed by atoms with van der Waals surface area (Å²) in [6.07, 6.45) is 0.949. The Labute approximate surface area is 116 Å². The average molecular weight is 272 g/mol. The number of nitrogen functional groups attached to an aromatic ring is 1. The van der Waals surface area contributed by atoms with Crippen LogP contribution in [0.2, 0.25) is 0 Å². The molecule has 0 aliphatic carbocycles. The van der Waals surface area contributed by atoms with Crippen LogP contribution < -0.4 is 5.73 Å². The first-order valence-electron chi connectivity index (χ1n) is 6.36. The van der Waals surface area contributed by atoms with E-state index in [4.69, 9.17) is 5.73 Å². The number of anilines is 1. The molecule has 4 heteroatoms. The van der Waals surface area contributed by atoms with E-state index < -0.39 is 0 Å². The van der Waals surface area contributed by atoms with Gasteiger partial charge in [0.15, 0.2) is 0 Å². The number of hydrogen-bond donors (Lipinski definition) is 1. The molecular formula is C15H16N2OS. The zero-order valence-electron chi connectivity index (χ0n) is 10.8. The van der Waals surface area contributed by atoms with E-state index in [-0.39, 0.29) is 5.91 Å². The second kappa shape index (κ2) is 4.70. The van der Waals surface area contributed by atoms with Crippen LogP contribution in [-0.2, 0) is 13.0 Å². The summed E-state index contributed by atoms with van der Waals surface area (Å²) in [7, 11) is 0. The first-order chi connectivity index (χ1) is 9.16. The Morgan fingerprint density at radius 3 is 3.00 bits per heavy atom. The van der Waals surface area contributed by atoms with Gasteiger partial charge in [0.2, 0.25) is 0 Å². The standard InChI is InChI=1S/C15H16N2OS/c1-10-3-2-4-12(16)14(10)15(18)17-7-5-13-11(9-17)6-8-19-13/h2-4,6,8H,5,7,9,16H2,1H3. The number of carbonyl (C=O) groups excluding carboxylic acids is 1.